The summed E-state index contributed by atoms with van der Waals surface area (Å²) in [7, 11) is 0. The van der Waals surface area contributed by atoms with Crippen molar-refractivity contribution in [2.24, 2.45) is 4.99 Å². The molecule has 8 nitrogen and oxygen atoms in total. The molecule has 2 aliphatic carbocycles. The number of nitrogens with one attached hydrogen (secondary N) is 1. The number of amides is 2. The van der Waals surface area contributed by atoms with Crippen LogP contribution in [0.25, 0.3) is 5.57 Å². The predicted octanol–water partition coefficient (Wildman–Crippen LogP) is 5.20. The summed E-state index contributed by atoms with van der Waals surface area (Å²) in [6.07, 6.45) is 5.90. The number of Topliss-reactive ketones (excluding diaryl/α,β-unsaturated/α-hetero) is 1. The van der Waals surface area contributed by atoms with Gasteiger partial charge in [0.25, 0.3) is 0 Å². The zero-order valence-electron chi connectivity index (χ0n) is 23.2. The van der Waals surface area contributed by atoms with Crippen LogP contribution in [0.15, 0.2) is 64.0 Å². The van der Waals surface area contributed by atoms with Crippen molar-refractivity contribution in [3.05, 3.63) is 64.6 Å². The summed E-state index contributed by atoms with van der Waals surface area (Å²) in [4.78, 5) is 46.6. The van der Waals surface area contributed by atoms with Crippen molar-refractivity contribution >= 4 is 40.3 Å². The number of hydrogen-bond acceptors (Lipinski definition) is 6. The van der Waals surface area contributed by atoms with Gasteiger partial charge in [-0.15, -0.1) is 0 Å². The molecule has 1 aromatic carbocycles. The maximum absolute atomic E-state index is 13.5. The van der Waals surface area contributed by atoms with Crippen molar-refractivity contribution in [1.29, 1.82) is 0 Å². The predicted molar refractivity (Wildman–Crippen MR) is 153 cm³/mol. The highest BCUT2D eigenvalue weighted by molar-refractivity contribution is 6.42. The third kappa shape index (κ3) is 5.64. The number of likely N-dealkylation sites (N-methyl/N-ethyl adjacent to an activating group) is 1. The highest BCUT2D eigenvalue weighted by atomic mass is 16.3. The summed E-state index contributed by atoms with van der Waals surface area (Å²) >= 11 is 0. The molecule has 202 valence electrons. The molecule has 0 saturated carbocycles. The third-order valence-corrected chi connectivity index (χ3v) is 6.85. The molecule has 0 unspecified atom stereocenters. The summed E-state index contributed by atoms with van der Waals surface area (Å²) < 4.78 is 0. The Morgan fingerprint density at radius 2 is 1.55 bits per heavy atom. The number of aliphatic hydroxyl groups is 1. The number of allylic oxidation sites excluding steroid dienone is 6. The lowest BCUT2D eigenvalue weighted by molar-refractivity contribution is -0.117. The van der Waals surface area contributed by atoms with Crippen LogP contribution >= 0.6 is 0 Å². The molecule has 2 N–H and O–H groups in total. The molecule has 0 spiro atoms. The summed E-state index contributed by atoms with van der Waals surface area (Å²) in [5.41, 5.74) is 3.74. The van der Waals surface area contributed by atoms with Crippen molar-refractivity contribution in [3.63, 3.8) is 0 Å². The van der Waals surface area contributed by atoms with Crippen LogP contribution in [0.5, 0.6) is 0 Å². The molecule has 0 heterocycles. The normalized spacial score (nSPS) is 17.9. The molecule has 2 aliphatic rings. The Morgan fingerprint density at radius 1 is 0.895 bits per heavy atom. The molecule has 38 heavy (non-hydrogen) atoms. The zero-order valence-corrected chi connectivity index (χ0v) is 23.2. The average molecular weight is 519 g/mol. The van der Waals surface area contributed by atoms with Gasteiger partial charge in [0, 0.05) is 61.5 Å². The minimum Gasteiger partial charge on any atom is -0.506 e. The van der Waals surface area contributed by atoms with E-state index in [0.29, 0.717) is 22.5 Å². The van der Waals surface area contributed by atoms with E-state index in [4.69, 9.17) is 0 Å². The number of carbonyl (C=O) groups is 3. The second-order valence-corrected chi connectivity index (χ2v) is 8.96. The van der Waals surface area contributed by atoms with Gasteiger partial charge in [-0.25, -0.2) is 4.99 Å². The molecule has 0 aromatic heterocycles. The molecule has 0 radical (unpaired) electrons. The van der Waals surface area contributed by atoms with E-state index in [-0.39, 0.29) is 47.3 Å². The monoisotopic (exact) mass is 518 g/mol. The Balaban J connectivity index is 2.15. The topological polar surface area (TPSA) is 102 Å². The highest BCUT2D eigenvalue weighted by Crippen LogP contribution is 2.42. The SMILES string of the molecule is CCC(=O)N=C1C=C(N(CC)CC)C=CC1=C1C(=O)C(c2ccc(N(CC)CC)cc2NC(=O)CC)=C1O. The number of aliphatic imine (C=N–C) groups is 1. The lowest BCUT2D eigenvalue weighted by Gasteiger charge is -2.29. The maximum Gasteiger partial charge on any atom is 0.245 e. The van der Waals surface area contributed by atoms with Gasteiger partial charge in [0.15, 0.2) is 0 Å². The number of ketones is 1. The number of carbonyl (C=O) groups excluding carboxylic acids is 3. The van der Waals surface area contributed by atoms with Gasteiger partial charge >= 0.3 is 0 Å². The lowest BCUT2D eigenvalue weighted by atomic mass is 9.78. The smallest absolute Gasteiger partial charge is 0.245 e. The summed E-state index contributed by atoms with van der Waals surface area (Å²) in [5, 5.41) is 14.1. The van der Waals surface area contributed by atoms with E-state index >= 15 is 0 Å². The number of rotatable bonds is 10. The van der Waals surface area contributed by atoms with Crippen LogP contribution in [-0.2, 0) is 14.4 Å². The number of anilines is 2. The van der Waals surface area contributed by atoms with Gasteiger partial charge in [0.05, 0.1) is 22.5 Å². The van der Waals surface area contributed by atoms with Crippen molar-refractivity contribution in [1.82, 2.24) is 4.90 Å². The van der Waals surface area contributed by atoms with Crippen molar-refractivity contribution < 1.29 is 19.5 Å². The van der Waals surface area contributed by atoms with E-state index in [1.165, 1.54) is 0 Å². The molecular weight excluding hydrogens is 480 g/mol. The molecule has 1 aromatic rings. The van der Waals surface area contributed by atoms with E-state index in [1.54, 1.807) is 32.1 Å². The first-order valence-electron chi connectivity index (χ1n) is 13.4. The zero-order chi connectivity index (χ0) is 28.0. The van der Waals surface area contributed by atoms with Crippen LogP contribution in [0.1, 0.15) is 59.9 Å². The molecule has 0 bridgehead atoms. The number of benzene rings is 1. The van der Waals surface area contributed by atoms with Gasteiger partial charge in [-0.3, -0.25) is 14.4 Å². The van der Waals surface area contributed by atoms with Crippen LogP contribution in [0.4, 0.5) is 11.4 Å². The number of hydrogen-bond donors (Lipinski definition) is 2. The van der Waals surface area contributed by atoms with Gasteiger partial charge < -0.3 is 20.2 Å². The first kappa shape index (κ1) is 28.6. The first-order valence-corrected chi connectivity index (χ1v) is 13.4. The largest absolute Gasteiger partial charge is 0.506 e. The van der Waals surface area contributed by atoms with Crippen LogP contribution < -0.4 is 10.2 Å². The summed E-state index contributed by atoms with van der Waals surface area (Å²) in [6, 6.07) is 5.48. The Hall–Kier alpha value is -3.94. The molecule has 0 saturated heterocycles. The Bertz CT molecular complexity index is 1270. The van der Waals surface area contributed by atoms with Gasteiger partial charge in [0.1, 0.15) is 5.76 Å². The molecular formula is C30H38N4O4. The van der Waals surface area contributed by atoms with Gasteiger partial charge in [-0.2, -0.15) is 0 Å². The molecule has 2 amide bonds. The number of nitrogens with zero attached hydrogens (tertiary/aromatic N) is 3. The van der Waals surface area contributed by atoms with Gasteiger partial charge in [-0.05, 0) is 64.1 Å². The van der Waals surface area contributed by atoms with Crippen molar-refractivity contribution in [2.45, 2.75) is 54.4 Å². The minimum absolute atomic E-state index is 0.120. The highest BCUT2D eigenvalue weighted by Gasteiger charge is 2.39. The average Bonchev–Trinajstić information content (AvgIpc) is 2.92. The summed E-state index contributed by atoms with van der Waals surface area (Å²) in [5.74, 6) is -1.03. The van der Waals surface area contributed by atoms with E-state index in [0.717, 1.165) is 37.6 Å². The third-order valence-electron chi connectivity index (χ3n) is 6.85. The maximum atomic E-state index is 13.5. The fourth-order valence-electron chi connectivity index (χ4n) is 4.60. The fraction of sp³-hybridized carbons (Fsp3) is 0.400. The van der Waals surface area contributed by atoms with E-state index in [1.807, 2.05) is 45.9 Å². The molecule has 8 heteroatoms. The standard InChI is InChI=1S/C30H38N4O4/c1-7-25(35)31-23-17-19(33(9-3)10-4)13-15-21(23)27-29(37)28(30(27)38)22-16-14-20(34(11-5)12-6)18-24(22)32-26(36)8-2/h13-18,37H,7-12H2,1-6H3,(H,31,35). The number of aliphatic hydroxyl groups excluding tert-OH is 1. The first-order chi connectivity index (χ1) is 18.2. The Morgan fingerprint density at radius 3 is 2.11 bits per heavy atom. The molecule has 3 rings (SSSR count). The molecule has 0 aliphatic heterocycles. The van der Waals surface area contributed by atoms with E-state index in [9.17, 15) is 19.5 Å². The second kappa shape index (κ2) is 12.5. The van der Waals surface area contributed by atoms with E-state index < -0.39 is 0 Å². The fourth-order valence-corrected chi connectivity index (χ4v) is 4.60. The van der Waals surface area contributed by atoms with Gasteiger partial charge in [-0.1, -0.05) is 13.8 Å². The van der Waals surface area contributed by atoms with Crippen LogP contribution in [-0.4, -0.2) is 59.5 Å². The summed E-state index contributed by atoms with van der Waals surface area (Å²) in [6.45, 7) is 14.8. The Labute approximate surface area is 225 Å². The van der Waals surface area contributed by atoms with Crippen molar-refractivity contribution in [3.8, 4) is 0 Å². The van der Waals surface area contributed by atoms with Crippen molar-refractivity contribution in [2.75, 3.05) is 36.4 Å². The van der Waals surface area contributed by atoms with Gasteiger partial charge in [0.2, 0.25) is 17.6 Å². The molecule has 0 atom stereocenters. The van der Waals surface area contributed by atoms with Crippen LogP contribution in [0.3, 0.4) is 0 Å². The van der Waals surface area contributed by atoms with Crippen LogP contribution in [0, 0.1) is 0 Å². The second-order valence-electron chi connectivity index (χ2n) is 8.96. The molecule has 0 fully saturated rings. The minimum atomic E-state index is -0.360. The van der Waals surface area contributed by atoms with E-state index in [2.05, 4.69) is 20.1 Å². The Kier molecular flexibility index (Phi) is 9.45. The lowest BCUT2D eigenvalue weighted by Crippen LogP contribution is -2.28. The quantitative estimate of drug-likeness (QED) is 0.413. The van der Waals surface area contributed by atoms with Crippen LogP contribution in [0.2, 0.25) is 0 Å².